The summed E-state index contributed by atoms with van der Waals surface area (Å²) >= 11 is 0. The van der Waals surface area contributed by atoms with E-state index in [0.717, 1.165) is 16.8 Å². The molecule has 8 nitrogen and oxygen atoms in total. The van der Waals surface area contributed by atoms with E-state index in [4.69, 9.17) is 14.6 Å². The molecular formula is C23H26N2O6S. The van der Waals surface area contributed by atoms with Crippen LogP contribution in [-0.2, 0) is 26.8 Å². The van der Waals surface area contributed by atoms with Crippen LogP contribution in [0.3, 0.4) is 0 Å². The van der Waals surface area contributed by atoms with Gasteiger partial charge in [0.05, 0.1) is 30.7 Å². The summed E-state index contributed by atoms with van der Waals surface area (Å²) in [5, 5.41) is 15.5. The molecule has 0 bridgehead atoms. The molecule has 2 N–H and O–H groups in total. The summed E-state index contributed by atoms with van der Waals surface area (Å²) < 4.78 is 36.8. The minimum atomic E-state index is -3.41. The van der Waals surface area contributed by atoms with Gasteiger partial charge in [-0.05, 0) is 56.2 Å². The maximum Gasteiger partial charge on any atom is 0.307 e. The second-order valence-electron chi connectivity index (χ2n) is 7.74. The number of carboxylic acid groups (broad SMARTS) is 1. The first-order valence-electron chi connectivity index (χ1n) is 10.0. The second kappa shape index (κ2) is 9.44. The minimum Gasteiger partial charge on any atom is -0.493 e. The average Bonchev–Trinajstić information content (AvgIpc) is 3.14. The molecule has 0 unspecified atom stereocenters. The van der Waals surface area contributed by atoms with Crippen LogP contribution in [0.4, 0.5) is 0 Å². The Bertz CT molecular complexity index is 1230. The number of carbonyl (C=O) groups is 1. The molecule has 0 aliphatic heterocycles. The summed E-state index contributed by atoms with van der Waals surface area (Å²) in [7, 11) is -1.93. The molecule has 32 heavy (non-hydrogen) atoms. The normalized spacial score (nSPS) is 11.5. The number of nitrogens with one attached hydrogen (secondary N) is 1. The number of methoxy groups -OCH3 is 1. The number of aliphatic carboxylic acids is 1. The van der Waals surface area contributed by atoms with E-state index in [-0.39, 0.29) is 12.2 Å². The number of benzene rings is 2. The van der Waals surface area contributed by atoms with Gasteiger partial charge >= 0.3 is 5.97 Å². The third-order valence-corrected chi connectivity index (χ3v) is 7.23. The largest absolute Gasteiger partial charge is 0.493 e. The Balaban J connectivity index is 2.07. The maximum absolute atomic E-state index is 12.7. The second-order valence-corrected chi connectivity index (χ2v) is 10.3. The lowest BCUT2D eigenvalue weighted by Crippen LogP contribution is -2.16. The summed E-state index contributed by atoms with van der Waals surface area (Å²) in [5.74, 6) is -0.107. The van der Waals surface area contributed by atoms with Crippen LogP contribution in [0.5, 0.6) is 17.2 Å². The molecule has 0 aliphatic carbocycles. The molecule has 9 heteroatoms. The van der Waals surface area contributed by atoms with Gasteiger partial charge in [-0.2, -0.15) is 5.10 Å². The lowest BCUT2D eigenvalue weighted by atomic mass is 10.0. The fraction of sp³-hybridized carbons (Fsp3) is 0.304. The fourth-order valence-corrected chi connectivity index (χ4v) is 4.18. The number of hydrogen-bond acceptors (Lipinski definition) is 6. The average molecular weight is 459 g/mol. The summed E-state index contributed by atoms with van der Waals surface area (Å²) in [6.07, 6.45) is 1.51. The first-order chi connectivity index (χ1) is 15.1. The zero-order chi connectivity index (χ0) is 23.5. The van der Waals surface area contributed by atoms with Crippen LogP contribution in [0.25, 0.3) is 11.1 Å². The standard InChI is InChI=1S/C23H26N2O6S/c1-14(2)32(28,29)13-18-11-17(19-12-24-25-15(19)3)6-8-20(18)31-22-9-16(10-23(26)27)5-7-21(22)30-4/h5-9,11-12,14H,10,13H2,1-4H3,(H,24,25)(H,26,27). The highest BCUT2D eigenvalue weighted by Crippen LogP contribution is 2.37. The smallest absolute Gasteiger partial charge is 0.307 e. The number of rotatable bonds is 9. The fourth-order valence-electron chi connectivity index (χ4n) is 3.19. The molecule has 1 aromatic heterocycles. The van der Waals surface area contributed by atoms with Crippen molar-refractivity contribution in [3.8, 4) is 28.4 Å². The molecule has 0 radical (unpaired) electrons. The number of hydrogen-bond donors (Lipinski definition) is 2. The van der Waals surface area contributed by atoms with Gasteiger partial charge in [0.1, 0.15) is 5.75 Å². The van der Waals surface area contributed by atoms with Gasteiger partial charge in [0.15, 0.2) is 21.3 Å². The number of H-pyrrole nitrogens is 1. The number of aryl methyl sites for hydroxylation is 1. The monoisotopic (exact) mass is 458 g/mol. The van der Waals surface area contributed by atoms with Gasteiger partial charge in [-0.25, -0.2) is 8.42 Å². The Labute approximate surface area is 187 Å². The van der Waals surface area contributed by atoms with Crippen molar-refractivity contribution in [2.24, 2.45) is 0 Å². The minimum absolute atomic E-state index is 0.173. The molecule has 0 saturated heterocycles. The van der Waals surface area contributed by atoms with Crippen LogP contribution in [0.15, 0.2) is 42.6 Å². The zero-order valence-electron chi connectivity index (χ0n) is 18.4. The summed E-state index contributed by atoms with van der Waals surface area (Å²) in [4.78, 5) is 11.1. The molecule has 170 valence electrons. The molecule has 0 fully saturated rings. The SMILES string of the molecule is COc1ccc(CC(=O)O)cc1Oc1ccc(-c2cn[nH]c2C)cc1CS(=O)(=O)C(C)C. The lowest BCUT2D eigenvalue weighted by Gasteiger charge is -2.17. The first-order valence-corrected chi connectivity index (χ1v) is 11.7. The van der Waals surface area contributed by atoms with Gasteiger partial charge in [0, 0.05) is 16.8 Å². The van der Waals surface area contributed by atoms with Crippen molar-refractivity contribution < 1.29 is 27.8 Å². The van der Waals surface area contributed by atoms with Crippen molar-refractivity contribution >= 4 is 15.8 Å². The van der Waals surface area contributed by atoms with Crippen molar-refractivity contribution in [1.82, 2.24) is 10.2 Å². The van der Waals surface area contributed by atoms with Crippen molar-refractivity contribution in [1.29, 1.82) is 0 Å². The van der Waals surface area contributed by atoms with Gasteiger partial charge in [-0.3, -0.25) is 9.89 Å². The van der Waals surface area contributed by atoms with Crippen LogP contribution >= 0.6 is 0 Å². The van der Waals surface area contributed by atoms with E-state index in [1.165, 1.54) is 7.11 Å². The van der Waals surface area contributed by atoms with Gasteiger partial charge in [0.25, 0.3) is 0 Å². The van der Waals surface area contributed by atoms with E-state index >= 15 is 0 Å². The molecular weight excluding hydrogens is 432 g/mol. The van der Waals surface area contributed by atoms with E-state index in [0.29, 0.717) is 28.4 Å². The molecule has 0 amide bonds. The summed E-state index contributed by atoms with van der Waals surface area (Å²) in [6.45, 7) is 5.16. The number of ether oxygens (including phenoxy) is 2. The highest BCUT2D eigenvalue weighted by atomic mass is 32.2. The van der Waals surface area contributed by atoms with Crippen molar-refractivity contribution in [3.63, 3.8) is 0 Å². The van der Waals surface area contributed by atoms with Crippen LogP contribution in [0.1, 0.15) is 30.7 Å². The van der Waals surface area contributed by atoms with E-state index < -0.39 is 21.1 Å². The molecule has 2 aromatic carbocycles. The predicted molar refractivity (Wildman–Crippen MR) is 121 cm³/mol. The quantitative estimate of drug-likeness (QED) is 0.495. The lowest BCUT2D eigenvalue weighted by molar-refractivity contribution is -0.136. The number of carboxylic acids is 1. The van der Waals surface area contributed by atoms with Crippen LogP contribution in [0.2, 0.25) is 0 Å². The third kappa shape index (κ3) is 5.28. The van der Waals surface area contributed by atoms with Crippen molar-refractivity contribution in [3.05, 3.63) is 59.4 Å². The maximum atomic E-state index is 12.7. The van der Waals surface area contributed by atoms with Gasteiger partial charge < -0.3 is 14.6 Å². The molecule has 0 saturated carbocycles. The van der Waals surface area contributed by atoms with Crippen molar-refractivity contribution in [2.45, 2.75) is 38.2 Å². The van der Waals surface area contributed by atoms with E-state index in [9.17, 15) is 13.2 Å². The molecule has 3 rings (SSSR count). The number of aromatic nitrogens is 2. The first kappa shape index (κ1) is 23.3. The molecule has 0 aliphatic rings. The number of sulfone groups is 1. The molecule has 0 spiro atoms. The van der Waals surface area contributed by atoms with E-state index in [2.05, 4.69) is 10.2 Å². The molecule has 0 atom stereocenters. The van der Waals surface area contributed by atoms with Gasteiger partial charge in [-0.15, -0.1) is 0 Å². The Morgan fingerprint density at radius 2 is 1.84 bits per heavy atom. The Morgan fingerprint density at radius 1 is 1.12 bits per heavy atom. The van der Waals surface area contributed by atoms with Crippen molar-refractivity contribution in [2.75, 3.05) is 7.11 Å². The Morgan fingerprint density at radius 3 is 2.44 bits per heavy atom. The van der Waals surface area contributed by atoms with E-state index in [1.54, 1.807) is 50.4 Å². The number of aromatic amines is 1. The van der Waals surface area contributed by atoms with Crippen LogP contribution in [0, 0.1) is 6.92 Å². The Hall–Kier alpha value is -3.33. The highest BCUT2D eigenvalue weighted by Gasteiger charge is 2.21. The summed E-state index contributed by atoms with van der Waals surface area (Å²) in [6, 6.07) is 10.2. The van der Waals surface area contributed by atoms with Gasteiger partial charge in [-0.1, -0.05) is 12.1 Å². The predicted octanol–water partition coefficient (Wildman–Crippen LogP) is 4.14. The Kier molecular flexibility index (Phi) is 6.88. The van der Waals surface area contributed by atoms with Gasteiger partial charge in [0.2, 0.25) is 0 Å². The summed E-state index contributed by atoms with van der Waals surface area (Å²) in [5.41, 5.74) is 3.56. The zero-order valence-corrected chi connectivity index (χ0v) is 19.2. The molecule has 1 heterocycles. The third-order valence-electron chi connectivity index (χ3n) is 5.08. The topological polar surface area (TPSA) is 119 Å². The number of nitrogens with zero attached hydrogens (tertiary/aromatic N) is 1. The van der Waals surface area contributed by atoms with Crippen LogP contribution < -0.4 is 9.47 Å². The highest BCUT2D eigenvalue weighted by molar-refractivity contribution is 7.91. The molecule has 3 aromatic rings. The van der Waals surface area contributed by atoms with E-state index in [1.807, 2.05) is 13.0 Å². The van der Waals surface area contributed by atoms with Crippen LogP contribution in [-0.4, -0.2) is 42.1 Å².